The smallest absolute Gasteiger partial charge is 0.223 e. The summed E-state index contributed by atoms with van der Waals surface area (Å²) in [6.07, 6.45) is 3.29. The normalized spacial score (nSPS) is 17.9. The number of rotatable bonds is 3. The van der Waals surface area contributed by atoms with Crippen molar-refractivity contribution < 1.29 is 9.32 Å². The maximum absolute atomic E-state index is 12.5. The number of fused-ring (bicyclic) bond motifs is 1. The highest BCUT2D eigenvalue weighted by atomic mass is 16.5. The van der Waals surface area contributed by atoms with Gasteiger partial charge in [-0.1, -0.05) is 5.16 Å². The van der Waals surface area contributed by atoms with Crippen LogP contribution >= 0.6 is 0 Å². The Kier molecular flexibility index (Phi) is 3.57. The van der Waals surface area contributed by atoms with E-state index in [4.69, 9.17) is 4.52 Å². The van der Waals surface area contributed by atoms with Crippen LogP contribution in [-0.4, -0.2) is 27.1 Å². The molecule has 2 aromatic rings. The average Bonchev–Trinajstić information content (AvgIpc) is 3.05. The zero-order chi connectivity index (χ0) is 15.0. The second-order valence-electron chi connectivity index (χ2n) is 5.69. The minimum Gasteiger partial charge on any atom is -0.361 e. The van der Waals surface area contributed by atoms with Crippen molar-refractivity contribution in [1.29, 1.82) is 0 Å². The molecule has 2 aromatic heterocycles. The minimum absolute atomic E-state index is 0.144. The molecule has 0 fully saturated rings. The van der Waals surface area contributed by atoms with Crippen LogP contribution < -0.4 is 0 Å². The van der Waals surface area contributed by atoms with Crippen LogP contribution in [0, 0.1) is 13.8 Å². The molecule has 1 amide bonds. The molecular weight excluding hydrogens is 266 g/mol. The van der Waals surface area contributed by atoms with Crippen LogP contribution in [0.15, 0.2) is 22.9 Å². The Hall–Kier alpha value is -2.04. The SMILES string of the molecule is Cc1noc(C)c1CCC(=O)N1CCn2cccc2C1C. The molecule has 1 aliphatic heterocycles. The third kappa shape index (κ3) is 2.48. The molecule has 0 saturated heterocycles. The van der Waals surface area contributed by atoms with Gasteiger partial charge < -0.3 is 14.0 Å². The standard InChI is InChI=1S/C16H21N3O2/c1-11-14(13(3)21-17-11)6-7-16(20)19-10-9-18-8-4-5-15(18)12(19)2/h4-5,8,12H,6-7,9-10H2,1-3H3. The number of carbonyl (C=O) groups is 1. The van der Waals surface area contributed by atoms with E-state index in [1.807, 2.05) is 24.8 Å². The second kappa shape index (κ2) is 5.39. The van der Waals surface area contributed by atoms with Gasteiger partial charge in [0.2, 0.25) is 5.91 Å². The number of amides is 1. The highest BCUT2D eigenvalue weighted by molar-refractivity contribution is 5.77. The lowest BCUT2D eigenvalue weighted by Crippen LogP contribution is -2.40. The molecule has 0 aliphatic carbocycles. The van der Waals surface area contributed by atoms with E-state index in [1.54, 1.807) is 0 Å². The number of nitrogens with zero attached hydrogens (tertiary/aromatic N) is 3. The van der Waals surface area contributed by atoms with E-state index < -0.39 is 0 Å². The van der Waals surface area contributed by atoms with Crippen LogP contribution in [-0.2, 0) is 17.8 Å². The maximum Gasteiger partial charge on any atom is 0.223 e. The molecule has 1 aliphatic rings. The Labute approximate surface area is 124 Å². The number of hydrogen-bond acceptors (Lipinski definition) is 3. The Morgan fingerprint density at radius 1 is 1.43 bits per heavy atom. The van der Waals surface area contributed by atoms with E-state index in [9.17, 15) is 4.79 Å². The Morgan fingerprint density at radius 3 is 2.95 bits per heavy atom. The first-order chi connectivity index (χ1) is 10.1. The van der Waals surface area contributed by atoms with E-state index >= 15 is 0 Å². The Morgan fingerprint density at radius 2 is 2.24 bits per heavy atom. The summed E-state index contributed by atoms with van der Waals surface area (Å²) < 4.78 is 7.38. The lowest BCUT2D eigenvalue weighted by Gasteiger charge is -2.35. The highest BCUT2D eigenvalue weighted by Gasteiger charge is 2.27. The maximum atomic E-state index is 12.5. The van der Waals surface area contributed by atoms with E-state index in [0.717, 1.165) is 30.1 Å². The van der Waals surface area contributed by atoms with Gasteiger partial charge >= 0.3 is 0 Å². The molecule has 0 saturated carbocycles. The first-order valence-corrected chi connectivity index (χ1v) is 7.44. The van der Waals surface area contributed by atoms with Crippen molar-refractivity contribution in [1.82, 2.24) is 14.6 Å². The summed E-state index contributed by atoms with van der Waals surface area (Å²) >= 11 is 0. The predicted molar refractivity (Wildman–Crippen MR) is 78.9 cm³/mol. The largest absolute Gasteiger partial charge is 0.361 e. The van der Waals surface area contributed by atoms with E-state index in [0.29, 0.717) is 12.8 Å². The summed E-state index contributed by atoms with van der Waals surface area (Å²) in [6, 6.07) is 4.29. The van der Waals surface area contributed by atoms with Crippen molar-refractivity contribution in [2.45, 2.75) is 46.2 Å². The quantitative estimate of drug-likeness (QED) is 0.872. The van der Waals surface area contributed by atoms with Crippen LogP contribution in [0.1, 0.15) is 42.1 Å². The fourth-order valence-electron chi connectivity index (χ4n) is 3.15. The lowest BCUT2D eigenvalue weighted by molar-refractivity contribution is -0.134. The molecule has 5 nitrogen and oxygen atoms in total. The van der Waals surface area contributed by atoms with Crippen molar-refractivity contribution in [3.8, 4) is 0 Å². The predicted octanol–water partition coefficient (Wildman–Crippen LogP) is 2.63. The van der Waals surface area contributed by atoms with E-state index in [2.05, 4.69) is 28.9 Å². The van der Waals surface area contributed by atoms with Crippen molar-refractivity contribution in [2.24, 2.45) is 0 Å². The van der Waals surface area contributed by atoms with Crippen molar-refractivity contribution >= 4 is 5.91 Å². The van der Waals surface area contributed by atoms with E-state index in [1.165, 1.54) is 5.69 Å². The van der Waals surface area contributed by atoms with Gasteiger partial charge in [0, 0.05) is 37.0 Å². The van der Waals surface area contributed by atoms with Gasteiger partial charge in [-0.05, 0) is 39.3 Å². The van der Waals surface area contributed by atoms with Crippen molar-refractivity contribution in [3.63, 3.8) is 0 Å². The molecule has 0 spiro atoms. The molecule has 5 heteroatoms. The number of aryl methyl sites for hydroxylation is 2. The number of aromatic nitrogens is 2. The molecule has 21 heavy (non-hydrogen) atoms. The van der Waals surface area contributed by atoms with Crippen molar-refractivity contribution in [2.75, 3.05) is 6.54 Å². The molecule has 0 aromatic carbocycles. The van der Waals surface area contributed by atoms with Gasteiger partial charge in [-0.15, -0.1) is 0 Å². The highest BCUT2D eigenvalue weighted by Crippen LogP contribution is 2.26. The number of hydrogen-bond donors (Lipinski definition) is 0. The summed E-state index contributed by atoms with van der Waals surface area (Å²) in [5, 5.41) is 3.94. The molecule has 1 unspecified atom stereocenters. The molecule has 1 atom stereocenters. The number of carbonyl (C=O) groups excluding carboxylic acids is 1. The van der Waals surface area contributed by atoms with Gasteiger partial charge in [0.1, 0.15) is 5.76 Å². The van der Waals surface area contributed by atoms with Gasteiger partial charge in [-0.25, -0.2) is 0 Å². The van der Waals surface area contributed by atoms with Gasteiger partial charge in [0.05, 0.1) is 11.7 Å². The van der Waals surface area contributed by atoms with Crippen LogP contribution in [0.4, 0.5) is 0 Å². The zero-order valence-corrected chi connectivity index (χ0v) is 12.8. The van der Waals surface area contributed by atoms with Gasteiger partial charge in [0.25, 0.3) is 0 Å². The van der Waals surface area contributed by atoms with Gasteiger partial charge in [-0.3, -0.25) is 4.79 Å². The van der Waals surface area contributed by atoms with Crippen molar-refractivity contribution in [3.05, 3.63) is 41.0 Å². The second-order valence-corrected chi connectivity index (χ2v) is 5.69. The monoisotopic (exact) mass is 287 g/mol. The Bertz CT molecular complexity index is 637. The molecule has 3 rings (SSSR count). The molecule has 0 bridgehead atoms. The third-order valence-corrected chi connectivity index (χ3v) is 4.43. The van der Waals surface area contributed by atoms with Crippen LogP contribution in [0.2, 0.25) is 0 Å². The van der Waals surface area contributed by atoms with Gasteiger partial charge in [0.15, 0.2) is 0 Å². The fourth-order valence-corrected chi connectivity index (χ4v) is 3.15. The summed E-state index contributed by atoms with van der Waals surface area (Å²) in [5.74, 6) is 1.02. The van der Waals surface area contributed by atoms with Crippen LogP contribution in [0.3, 0.4) is 0 Å². The van der Waals surface area contributed by atoms with Gasteiger partial charge in [-0.2, -0.15) is 0 Å². The van der Waals surface area contributed by atoms with Crippen LogP contribution in [0.25, 0.3) is 0 Å². The average molecular weight is 287 g/mol. The first-order valence-electron chi connectivity index (χ1n) is 7.44. The molecular formula is C16H21N3O2. The topological polar surface area (TPSA) is 51.3 Å². The zero-order valence-electron chi connectivity index (χ0n) is 12.8. The summed E-state index contributed by atoms with van der Waals surface area (Å²) in [6.45, 7) is 7.58. The summed E-state index contributed by atoms with van der Waals surface area (Å²) in [5.41, 5.74) is 3.17. The summed E-state index contributed by atoms with van der Waals surface area (Å²) in [7, 11) is 0. The minimum atomic E-state index is 0.144. The first kappa shape index (κ1) is 13.9. The molecule has 0 N–H and O–H groups in total. The van der Waals surface area contributed by atoms with E-state index in [-0.39, 0.29) is 11.9 Å². The molecule has 112 valence electrons. The summed E-state index contributed by atoms with van der Waals surface area (Å²) in [4.78, 5) is 14.5. The third-order valence-electron chi connectivity index (χ3n) is 4.43. The Balaban J connectivity index is 1.67. The lowest BCUT2D eigenvalue weighted by atomic mass is 10.1. The van der Waals surface area contributed by atoms with Crippen LogP contribution in [0.5, 0.6) is 0 Å². The fraction of sp³-hybridized carbons (Fsp3) is 0.500. The molecule has 0 radical (unpaired) electrons. The molecule has 3 heterocycles.